The van der Waals surface area contributed by atoms with Crippen molar-refractivity contribution < 1.29 is 9.59 Å². The number of urea groups is 1. The van der Waals surface area contributed by atoms with Crippen LogP contribution in [0.25, 0.3) is 0 Å². The molecule has 2 saturated heterocycles. The summed E-state index contributed by atoms with van der Waals surface area (Å²) in [6.07, 6.45) is 2.22. The van der Waals surface area contributed by atoms with Gasteiger partial charge in [-0.1, -0.05) is 36.1 Å². The van der Waals surface area contributed by atoms with E-state index >= 15 is 0 Å². The number of piperazine rings is 1. The van der Waals surface area contributed by atoms with Gasteiger partial charge in [0.15, 0.2) is 0 Å². The number of hydrogen-bond acceptors (Lipinski definition) is 3. The van der Waals surface area contributed by atoms with E-state index in [1.54, 1.807) is 4.90 Å². The predicted octanol–water partition coefficient (Wildman–Crippen LogP) is 2.86. The van der Waals surface area contributed by atoms with E-state index in [2.05, 4.69) is 22.1 Å². The first kappa shape index (κ1) is 21.0. The molecule has 0 radical (unpaired) electrons. The Bertz CT molecular complexity index is 966. The van der Waals surface area contributed by atoms with Gasteiger partial charge in [-0.25, -0.2) is 4.79 Å². The highest BCUT2D eigenvalue weighted by Gasteiger charge is 2.25. The third-order valence-corrected chi connectivity index (χ3v) is 5.72. The second-order valence-corrected chi connectivity index (χ2v) is 7.98. The largest absolute Gasteiger partial charge is 0.342 e. The maximum absolute atomic E-state index is 12.7. The molecule has 0 aromatic heterocycles. The summed E-state index contributed by atoms with van der Waals surface area (Å²) in [5.74, 6) is 6.49. The van der Waals surface area contributed by atoms with Crippen LogP contribution in [-0.4, -0.2) is 72.5 Å². The van der Waals surface area contributed by atoms with Gasteiger partial charge < -0.3 is 15.1 Å². The van der Waals surface area contributed by atoms with Crippen molar-refractivity contribution in [3.05, 3.63) is 65.7 Å². The summed E-state index contributed by atoms with van der Waals surface area (Å²) in [5.41, 5.74) is 2.54. The zero-order valence-corrected chi connectivity index (χ0v) is 17.7. The van der Waals surface area contributed by atoms with Crippen molar-refractivity contribution in [1.82, 2.24) is 14.7 Å². The molecule has 2 aliphatic heterocycles. The molecular formula is C25H28N4O2. The van der Waals surface area contributed by atoms with Crippen LogP contribution in [0.15, 0.2) is 54.6 Å². The number of likely N-dealkylation sites (tertiary alicyclic amines) is 1. The fourth-order valence-electron chi connectivity index (χ4n) is 3.91. The molecule has 1 N–H and O–H groups in total. The quantitative estimate of drug-likeness (QED) is 0.783. The standard InChI is InChI=1S/C25H28N4O2/c30-24(28-13-4-5-14-28)20-27-15-17-29(18-16-27)25(31)26-23-10-6-9-22(19-23)12-11-21-7-2-1-3-8-21/h1-3,6-10,19H,4-5,13-18,20H2,(H,26,31). The van der Waals surface area contributed by atoms with Gasteiger partial charge in [-0.3, -0.25) is 9.69 Å². The van der Waals surface area contributed by atoms with Crippen LogP contribution in [0.3, 0.4) is 0 Å². The summed E-state index contributed by atoms with van der Waals surface area (Å²) < 4.78 is 0. The van der Waals surface area contributed by atoms with Crippen LogP contribution in [-0.2, 0) is 4.79 Å². The lowest BCUT2D eigenvalue weighted by molar-refractivity contribution is -0.131. The summed E-state index contributed by atoms with van der Waals surface area (Å²) in [7, 11) is 0. The Hall–Kier alpha value is -3.30. The average molecular weight is 417 g/mol. The van der Waals surface area contributed by atoms with Gasteiger partial charge in [0.05, 0.1) is 6.54 Å². The van der Waals surface area contributed by atoms with E-state index in [-0.39, 0.29) is 11.9 Å². The smallest absolute Gasteiger partial charge is 0.321 e. The number of amides is 3. The molecule has 2 aliphatic rings. The first-order valence-electron chi connectivity index (χ1n) is 10.9. The minimum Gasteiger partial charge on any atom is -0.342 e. The van der Waals surface area contributed by atoms with Gasteiger partial charge in [0.25, 0.3) is 0 Å². The van der Waals surface area contributed by atoms with Crippen LogP contribution < -0.4 is 5.32 Å². The van der Waals surface area contributed by atoms with Crippen molar-refractivity contribution in [3.63, 3.8) is 0 Å². The Morgan fingerprint density at radius 2 is 1.45 bits per heavy atom. The van der Waals surface area contributed by atoms with E-state index in [0.717, 1.165) is 55.8 Å². The molecule has 4 rings (SSSR count). The maximum Gasteiger partial charge on any atom is 0.321 e. The highest BCUT2D eigenvalue weighted by Crippen LogP contribution is 2.13. The number of carbonyl (C=O) groups is 2. The highest BCUT2D eigenvalue weighted by molar-refractivity contribution is 5.89. The number of rotatable bonds is 3. The van der Waals surface area contributed by atoms with Gasteiger partial charge in [0, 0.05) is 56.1 Å². The number of anilines is 1. The van der Waals surface area contributed by atoms with Crippen LogP contribution in [0.1, 0.15) is 24.0 Å². The number of carbonyl (C=O) groups excluding carboxylic acids is 2. The summed E-state index contributed by atoms with van der Waals surface area (Å²) in [5, 5.41) is 2.98. The first-order valence-corrected chi connectivity index (χ1v) is 10.9. The molecule has 2 aromatic carbocycles. The van der Waals surface area contributed by atoms with Crippen LogP contribution in [0.5, 0.6) is 0 Å². The molecule has 2 fully saturated rings. The normalized spacial score (nSPS) is 16.5. The Balaban J connectivity index is 1.27. The van der Waals surface area contributed by atoms with Crippen LogP contribution in [0.4, 0.5) is 10.5 Å². The van der Waals surface area contributed by atoms with E-state index in [9.17, 15) is 9.59 Å². The molecule has 6 heteroatoms. The lowest BCUT2D eigenvalue weighted by atomic mass is 10.1. The van der Waals surface area contributed by atoms with Gasteiger partial charge in [-0.15, -0.1) is 0 Å². The van der Waals surface area contributed by atoms with Crippen molar-refractivity contribution in [2.24, 2.45) is 0 Å². The third-order valence-electron chi connectivity index (χ3n) is 5.72. The van der Waals surface area contributed by atoms with Crippen LogP contribution >= 0.6 is 0 Å². The van der Waals surface area contributed by atoms with Crippen molar-refractivity contribution in [1.29, 1.82) is 0 Å². The first-order chi connectivity index (χ1) is 15.2. The molecule has 2 heterocycles. The van der Waals surface area contributed by atoms with Gasteiger partial charge >= 0.3 is 6.03 Å². The monoisotopic (exact) mass is 416 g/mol. The fourth-order valence-corrected chi connectivity index (χ4v) is 3.91. The summed E-state index contributed by atoms with van der Waals surface area (Å²) >= 11 is 0. The zero-order valence-electron chi connectivity index (χ0n) is 17.7. The van der Waals surface area contributed by atoms with Crippen molar-refractivity contribution >= 4 is 17.6 Å². The van der Waals surface area contributed by atoms with Gasteiger partial charge in [0.2, 0.25) is 5.91 Å². The Morgan fingerprint density at radius 1 is 0.774 bits per heavy atom. The van der Waals surface area contributed by atoms with Crippen molar-refractivity contribution in [2.45, 2.75) is 12.8 Å². The van der Waals surface area contributed by atoms with E-state index in [1.165, 1.54) is 0 Å². The zero-order chi connectivity index (χ0) is 21.5. The topological polar surface area (TPSA) is 55.9 Å². The number of nitrogens with one attached hydrogen (secondary N) is 1. The molecule has 0 bridgehead atoms. The van der Waals surface area contributed by atoms with Crippen LogP contribution in [0, 0.1) is 11.8 Å². The average Bonchev–Trinajstić information content (AvgIpc) is 3.34. The molecular weight excluding hydrogens is 388 g/mol. The highest BCUT2D eigenvalue weighted by atomic mass is 16.2. The van der Waals surface area contributed by atoms with Gasteiger partial charge in [0.1, 0.15) is 0 Å². The third kappa shape index (κ3) is 5.87. The van der Waals surface area contributed by atoms with E-state index in [1.807, 2.05) is 59.5 Å². The van der Waals surface area contributed by atoms with Crippen molar-refractivity contribution in [3.8, 4) is 11.8 Å². The minimum absolute atomic E-state index is 0.112. The summed E-state index contributed by atoms with van der Waals surface area (Å²) in [6.45, 7) is 4.90. The molecule has 2 aromatic rings. The molecule has 3 amide bonds. The SMILES string of the molecule is O=C(CN1CCN(C(=O)Nc2cccc(C#Cc3ccccc3)c2)CC1)N1CCCC1. The molecule has 0 aliphatic carbocycles. The van der Waals surface area contributed by atoms with Crippen LogP contribution in [0.2, 0.25) is 0 Å². The molecule has 0 unspecified atom stereocenters. The summed E-state index contributed by atoms with van der Waals surface area (Å²) in [6, 6.07) is 17.3. The number of nitrogens with zero attached hydrogens (tertiary/aromatic N) is 3. The van der Waals surface area contributed by atoms with Gasteiger partial charge in [-0.2, -0.15) is 0 Å². The number of hydrogen-bond donors (Lipinski definition) is 1. The van der Waals surface area contributed by atoms with Gasteiger partial charge in [-0.05, 0) is 43.2 Å². The Labute approximate surface area is 183 Å². The second-order valence-electron chi connectivity index (χ2n) is 7.98. The molecule has 31 heavy (non-hydrogen) atoms. The lowest BCUT2D eigenvalue weighted by Crippen LogP contribution is -2.52. The number of benzene rings is 2. The molecule has 6 nitrogen and oxygen atoms in total. The lowest BCUT2D eigenvalue weighted by Gasteiger charge is -2.35. The molecule has 0 saturated carbocycles. The fraction of sp³-hybridized carbons (Fsp3) is 0.360. The second kappa shape index (κ2) is 10.1. The molecule has 0 atom stereocenters. The molecule has 0 spiro atoms. The Kier molecular flexibility index (Phi) is 6.85. The molecule has 160 valence electrons. The minimum atomic E-state index is -0.112. The Morgan fingerprint density at radius 3 is 2.19 bits per heavy atom. The summed E-state index contributed by atoms with van der Waals surface area (Å²) in [4.78, 5) is 30.9. The van der Waals surface area contributed by atoms with E-state index < -0.39 is 0 Å². The predicted molar refractivity (Wildman–Crippen MR) is 122 cm³/mol. The van der Waals surface area contributed by atoms with E-state index in [4.69, 9.17) is 0 Å². The van der Waals surface area contributed by atoms with Crippen molar-refractivity contribution in [2.75, 3.05) is 51.1 Å². The van der Waals surface area contributed by atoms with E-state index in [0.29, 0.717) is 19.6 Å². The maximum atomic E-state index is 12.7.